The summed E-state index contributed by atoms with van der Waals surface area (Å²) in [6.45, 7) is 4.93. The number of aromatic amines is 1. The number of anilines is 3. The first kappa shape index (κ1) is 20.9. The van der Waals surface area contributed by atoms with E-state index in [0.717, 1.165) is 44.1 Å². The summed E-state index contributed by atoms with van der Waals surface area (Å²) in [5.41, 5.74) is 5.10. The van der Waals surface area contributed by atoms with Crippen LogP contribution in [0, 0.1) is 0 Å². The Kier molecular flexibility index (Phi) is 5.44. The number of nitrogens with zero attached hydrogens (tertiary/aromatic N) is 3. The second-order valence-electron chi connectivity index (χ2n) is 7.47. The Balaban J connectivity index is 1.70. The van der Waals surface area contributed by atoms with Gasteiger partial charge in [0.15, 0.2) is 0 Å². The van der Waals surface area contributed by atoms with Crippen molar-refractivity contribution in [2.45, 2.75) is 19.1 Å². The van der Waals surface area contributed by atoms with Gasteiger partial charge >= 0.3 is 11.9 Å². The molecule has 1 aromatic carbocycles. The van der Waals surface area contributed by atoms with E-state index < -0.39 is 23.5 Å². The van der Waals surface area contributed by atoms with Crippen LogP contribution in [-0.4, -0.2) is 41.1 Å². The zero-order chi connectivity index (χ0) is 22.2. The maximum Gasteiger partial charge on any atom is 0.416 e. The maximum atomic E-state index is 13.2. The largest absolute Gasteiger partial charge is 0.416 e. The number of nitrogens with one attached hydrogen (secondary N) is 3. The van der Waals surface area contributed by atoms with Gasteiger partial charge in [0.1, 0.15) is 11.6 Å². The van der Waals surface area contributed by atoms with E-state index in [4.69, 9.17) is 5.73 Å². The number of nitrogens with two attached hydrogens (primary N) is 1. The van der Waals surface area contributed by atoms with Crippen LogP contribution in [0.1, 0.15) is 24.1 Å². The van der Waals surface area contributed by atoms with E-state index in [1.807, 2.05) is 6.07 Å². The van der Waals surface area contributed by atoms with Gasteiger partial charge in [-0.15, -0.1) is 0 Å². The molecule has 1 saturated heterocycles. The Labute approximate surface area is 175 Å². The highest BCUT2D eigenvalue weighted by Gasteiger charge is 2.31. The minimum atomic E-state index is -4.51. The first-order chi connectivity index (χ1) is 14.7. The molecule has 8 nitrogen and oxygen atoms in total. The summed E-state index contributed by atoms with van der Waals surface area (Å²) in [6, 6.07) is 4.63. The molecule has 0 radical (unpaired) electrons. The highest BCUT2D eigenvalue weighted by Crippen LogP contribution is 2.33. The smallest absolute Gasteiger partial charge is 0.399 e. The maximum absolute atomic E-state index is 13.2. The third-order valence-corrected chi connectivity index (χ3v) is 5.20. The number of hydrogen-bond acceptors (Lipinski definition) is 7. The molecule has 1 aliphatic heterocycles. The van der Waals surface area contributed by atoms with Crippen LogP contribution < -0.4 is 27.0 Å². The van der Waals surface area contributed by atoms with Crippen LogP contribution in [0.4, 0.5) is 30.5 Å². The third-order valence-electron chi connectivity index (χ3n) is 5.20. The SMILES string of the molecule is C[C@@H](Nc1nc(=O)[nH]c2cnc(N3CCNCC3)cc12)c1cc(N)cc(C(F)(F)F)c1. The number of halogens is 3. The Bertz CT molecular complexity index is 1160. The molecule has 0 aliphatic carbocycles. The number of benzene rings is 1. The minimum absolute atomic E-state index is 0.00685. The Morgan fingerprint density at radius 2 is 1.94 bits per heavy atom. The van der Waals surface area contributed by atoms with Crippen molar-refractivity contribution in [3.8, 4) is 0 Å². The summed E-state index contributed by atoms with van der Waals surface area (Å²) < 4.78 is 39.5. The molecule has 0 unspecified atom stereocenters. The lowest BCUT2D eigenvalue weighted by atomic mass is 10.0. The van der Waals surface area contributed by atoms with Gasteiger partial charge in [0.25, 0.3) is 0 Å². The molecular weight excluding hydrogens is 411 g/mol. The molecule has 1 fully saturated rings. The molecule has 0 amide bonds. The fraction of sp³-hybridized carbons (Fsp3) is 0.350. The quantitative estimate of drug-likeness (QED) is 0.468. The molecule has 0 saturated carbocycles. The summed E-state index contributed by atoms with van der Waals surface area (Å²) in [5, 5.41) is 6.96. The highest BCUT2D eigenvalue weighted by molar-refractivity contribution is 5.90. The number of pyridine rings is 1. The zero-order valence-corrected chi connectivity index (χ0v) is 16.8. The summed E-state index contributed by atoms with van der Waals surface area (Å²) in [4.78, 5) is 25.2. The van der Waals surface area contributed by atoms with E-state index in [2.05, 4.69) is 30.5 Å². The normalized spacial score (nSPS) is 15.8. The molecule has 2 aromatic heterocycles. The molecular formula is C20H22F3N7O. The van der Waals surface area contributed by atoms with Crippen molar-refractivity contribution < 1.29 is 13.2 Å². The molecule has 1 atom stereocenters. The predicted octanol–water partition coefficient (Wildman–Crippen LogP) is 2.50. The van der Waals surface area contributed by atoms with Gasteiger partial charge in [0.05, 0.1) is 23.3 Å². The lowest BCUT2D eigenvalue weighted by Gasteiger charge is -2.28. The van der Waals surface area contributed by atoms with Crippen LogP contribution in [0.5, 0.6) is 0 Å². The van der Waals surface area contributed by atoms with Gasteiger partial charge in [-0.3, -0.25) is 0 Å². The van der Waals surface area contributed by atoms with E-state index >= 15 is 0 Å². The molecule has 11 heteroatoms. The molecule has 3 heterocycles. The van der Waals surface area contributed by atoms with Crippen molar-refractivity contribution in [1.29, 1.82) is 0 Å². The lowest BCUT2D eigenvalue weighted by molar-refractivity contribution is -0.137. The number of nitrogen functional groups attached to an aromatic ring is 1. The fourth-order valence-electron chi connectivity index (χ4n) is 3.60. The monoisotopic (exact) mass is 433 g/mol. The predicted molar refractivity (Wildman–Crippen MR) is 113 cm³/mol. The second kappa shape index (κ2) is 8.06. The van der Waals surface area contributed by atoms with Gasteiger partial charge in [-0.25, -0.2) is 9.78 Å². The topological polar surface area (TPSA) is 112 Å². The number of alkyl halides is 3. The van der Waals surface area contributed by atoms with Crippen LogP contribution >= 0.6 is 0 Å². The van der Waals surface area contributed by atoms with E-state index in [-0.39, 0.29) is 11.5 Å². The number of piperazine rings is 1. The van der Waals surface area contributed by atoms with Gasteiger partial charge in [-0.1, -0.05) is 0 Å². The molecule has 0 bridgehead atoms. The van der Waals surface area contributed by atoms with Gasteiger partial charge in [0, 0.05) is 37.3 Å². The number of fused-ring (bicyclic) bond motifs is 1. The van der Waals surface area contributed by atoms with Gasteiger partial charge in [-0.2, -0.15) is 18.2 Å². The minimum Gasteiger partial charge on any atom is -0.399 e. The van der Waals surface area contributed by atoms with Crippen molar-refractivity contribution in [2.75, 3.05) is 42.1 Å². The third kappa shape index (κ3) is 4.55. The number of rotatable bonds is 4. The molecule has 3 aromatic rings. The van der Waals surface area contributed by atoms with Crippen LogP contribution in [0.2, 0.25) is 0 Å². The van der Waals surface area contributed by atoms with Crippen molar-refractivity contribution in [2.24, 2.45) is 0 Å². The zero-order valence-electron chi connectivity index (χ0n) is 16.8. The number of H-pyrrole nitrogens is 1. The van der Waals surface area contributed by atoms with Crippen molar-refractivity contribution in [3.63, 3.8) is 0 Å². The van der Waals surface area contributed by atoms with E-state index in [9.17, 15) is 18.0 Å². The van der Waals surface area contributed by atoms with Crippen LogP contribution in [0.15, 0.2) is 35.3 Å². The Morgan fingerprint density at radius 3 is 2.65 bits per heavy atom. The Hall–Kier alpha value is -3.34. The van der Waals surface area contributed by atoms with Crippen molar-refractivity contribution in [3.05, 3.63) is 52.1 Å². The molecule has 1 aliphatic rings. The first-order valence-electron chi connectivity index (χ1n) is 9.80. The van der Waals surface area contributed by atoms with E-state index in [1.165, 1.54) is 6.07 Å². The molecule has 5 N–H and O–H groups in total. The highest BCUT2D eigenvalue weighted by atomic mass is 19.4. The van der Waals surface area contributed by atoms with Gasteiger partial charge in [-0.05, 0) is 36.8 Å². The van der Waals surface area contributed by atoms with Gasteiger partial charge < -0.3 is 26.3 Å². The standard InChI is InChI=1S/C20H22F3N7O/c1-11(12-6-13(20(21,22)23)8-14(24)7-12)27-18-15-9-17(30-4-2-25-3-5-30)26-10-16(15)28-19(31)29-18/h6-11,25H,2-5,24H2,1H3,(H2,27,28,29,31)/t11-/m1/s1. The van der Waals surface area contributed by atoms with Crippen molar-refractivity contribution in [1.82, 2.24) is 20.3 Å². The molecule has 0 spiro atoms. The summed E-state index contributed by atoms with van der Waals surface area (Å²) >= 11 is 0. The average Bonchev–Trinajstić information content (AvgIpc) is 2.73. The van der Waals surface area contributed by atoms with Crippen LogP contribution in [-0.2, 0) is 6.18 Å². The summed E-state index contributed by atoms with van der Waals surface area (Å²) in [5.74, 6) is 1.00. The average molecular weight is 433 g/mol. The Morgan fingerprint density at radius 1 is 1.19 bits per heavy atom. The number of aromatic nitrogens is 3. The fourth-order valence-corrected chi connectivity index (χ4v) is 3.60. The van der Waals surface area contributed by atoms with E-state index in [1.54, 1.807) is 13.1 Å². The van der Waals surface area contributed by atoms with E-state index in [0.29, 0.717) is 16.5 Å². The number of hydrogen-bond donors (Lipinski definition) is 4. The van der Waals surface area contributed by atoms with Crippen LogP contribution in [0.25, 0.3) is 10.9 Å². The summed E-state index contributed by atoms with van der Waals surface area (Å²) in [6.07, 6.45) is -2.95. The van der Waals surface area contributed by atoms with Crippen molar-refractivity contribution >= 4 is 28.2 Å². The molecule has 164 valence electrons. The second-order valence-corrected chi connectivity index (χ2v) is 7.47. The molecule has 31 heavy (non-hydrogen) atoms. The van der Waals surface area contributed by atoms with Crippen LogP contribution in [0.3, 0.4) is 0 Å². The first-order valence-corrected chi connectivity index (χ1v) is 9.80. The lowest BCUT2D eigenvalue weighted by Crippen LogP contribution is -2.43. The van der Waals surface area contributed by atoms with Gasteiger partial charge in [0.2, 0.25) is 0 Å². The summed E-state index contributed by atoms with van der Waals surface area (Å²) in [7, 11) is 0. The molecule has 4 rings (SSSR count).